The van der Waals surface area contributed by atoms with Crippen LogP contribution in [0.1, 0.15) is 41.4 Å². The first-order chi connectivity index (χ1) is 11.2. The molecular weight excluding hydrogens is 284 g/mol. The number of carbonyl (C=O) groups is 1. The van der Waals surface area contributed by atoms with Crippen LogP contribution in [0.5, 0.6) is 0 Å². The fourth-order valence-corrected chi connectivity index (χ4v) is 2.69. The van der Waals surface area contributed by atoms with Gasteiger partial charge in [-0.3, -0.25) is 9.78 Å². The Morgan fingerprint density at radius 2 is 1.83 bits per heavy atom. The van der Waals surface area contributed by atoms with Gasteiger partial charge in [-0.05, 0) is 36.6 Å². The molecule has 0 radical (unpaired) electrons. The van der Waals surface area contributed by atoms with Crippen molar-refractivity contribution in [2.45, 2.75) is 26.3 Å². The van der Waals surface area contributed by atoms with Gasteiger partial charge in [0.1, 0.15) is 0 Å². The highest BCUT2D eigenvalue weighted by Crippen LogP contribution is 2.18. The third-order valence-corrected chi connectivity index (χ3v) is 4.13. The Balaban J connectivity index is 1.82. The number of aromatic nitrogens is 1. The number of fused-ring (bicyclic) bond motifs is 1. The van der Waals surface area contributed by atoms with Gasteiger partial charge in [0.15, 0.2) is 0 Å². The topological polar surface area (TPSA) is 42.0 Å². The lowest BCUT2D eigenvalue weighted by Gasteiger charge is -2.15. The molecule has 1 amide bonds. The van der Waals surface area contributed by atoms with Gasteiger partial charge in [-0.2, -0.15) is 0 Å². The molecule has 0 aliphatic carbocycles. The van der Waals surface area contributed by atoms with E-state index >= 15 is 0 Å². The number of hydrogen-bond donors (Lipinski definition) is 1. The average molecular weight is 304 g/mol. The summed E-state index contributed by atoms with van der Waals surface area (Å²) in [5.41, 5.74) is 3.90. The van der Waals surface area contributed by atoms with Crippen LogP contribution in [-0.4, -0.2) is 10.9 Å². The van der Waals surface area contributed by atoms with Gasteiger partial charge in [0.05, 0.1) is 17.1 Å². The first kappa shape index (κ1) is 15.2. The SMILES string of the molecule is CCc1ccc(C(C)NC(=O)c2ccnc3ccccc23)cc1. The Hall–Kier alpha value is -2.68. The zero-order chi connectivity index (χ0) is 16.2. The maximum absolute atomic E-state index is 12.6. The maximum atomic E-state index is 12.6. The molecule has 0 spiro atoms. The molecule has 3 nitrogen and oxygen atoms in total. The second-order valence-electron chi connectivity index (χ2n) is 5.67. The average Bonchev–Trinajstić information content (AvgIpc) is 2.61. The minimum Gasteiger partial charge on any atom is -0.345 e. The molecule has 2 aromatic carbocycles. The Bertz CT molecular complexity index is 819. The minimum absolute atomic E-state index is 0.0414. The molecule has 116 valence electrons. The van der Waals surface area contributed by atoms with Crippen molar-refractivity contribution in [2.24, 2.45) is 0 Å². The third-order valence-electron chi connectivity index (χ3n) is 4.13. The van der Waals surface area contributed by atoms with Crippen molar-refractivity contribution in [3.63, 3.8) is 0 Å². The van der Waals surface area contributed by atoms with Crippen molar-refractivity contribution >= 4 is 16.8 Å². The highest BCUT2D eigenvalue weighted by atomic mass is 16.1. The van der Waals surface area contributed by atoms with Crippen LogP contribution in [-0.2, 0) is 6.42 Å². The van der Waals surface area contributed by atoms with Crippen LogP contribution in [0.15, 0.2) is 60.8 Å². The monoisotopic (exact) mass is 304 g/mol. The van der Waals surface area contributed by atoms with Crippen LogP contribution in [0.25, 0.3) is 10.9 Å². The van der Waals surface area contributed by atoms with Crippen molar-refractivity contribution in [1.29, 1.82) is 0 Å². The Morgan fingerprint density at radius 3 is 2.57 bits per heavy atom. The van der Waals surface area contributed by atoms with E-state index in [-0.39, 0.29) is 11.9 Å². The summed E-state index contributed by atoms with van der Waals surface area (Å²) in [6, 6.07) is 17.8. The molecule has 3 aromatic rings. The van der Waals surface area contributed by atoms with Crippen LogP contribution in [0.3, 0.4) is 0 Å². The number of carbonyl (C=O) groups excluding carboxylic acids is 1. The van der Waals surface area contributed by atoms with Gasteiger partial charge in [-0.25, -0.2) is 0 Å². The molecule has 23 heavy (non-hydrogen) atoms. The maximum Gasteiger partial charge on any atom is 0.252 e. The van der Waals surface area contributed by atoms with Gasteiger partial charge >= 0.3 is 0 Å². The number of amides is 1. The van der Waals surface area contributed by atoms with Crippen molar-refractivity contribution in [2.75, 3.05) is 0 Å². The lowest BCUT2D eigenvalue weighted by atomic mass is 10.0. The molecule has 0 aliphatic heterocycles. The van der Waals surface area contributed by atoms with E-state index in [9.17, 15) is 4.79 Å². The van der Waals surface area contributed by atoms with Crippen molar-refractivity contribution < 1.29 is 4.79 Å². The van der Waals surface area contributed by atoms with Gasteiger partial charge in [-0.15, -0.1) is 0 Å². The standard InChI is InChI=1S/C20H20N2O/c1-3-15-8-10-16(11-9-15)14(2)22-20(23)18-12-13-21-19-7-5-4-6-17(18)19/h4-14H,3H2,1-2H3,(H,22,23). The number of para-hydroxylation sites is 1. The molecule has 0 saturated heterocycles. The van der Waals surface area contributed by atoms with Gasteiger partial charge < -0.3 is 5.32 Å². The summed E-state index contributed by atoms with van der Waals surface area (Å²) in [5.74, 6) is -0.0735. The zero-order valence-corrected chi connectivity index (χ0v) is 13.4. The molecule has 3 rings (SSSR count). The van der Waals surface area contributed by atoms with Gasteiger partial charge in [0, 0.05) is 11.6 Å². The summed E-state index contributed by atoms with van der Waals surface area (Å²) in [4.78, 5) is 16.9. The Kier molecular flexibility index (Phi) is 4.38. The molecule has 1 unspecified atom stereocenters. The molecule has 0 fully saturated rings. The van der Waals surface area contributed by atoms with Crippen LogP contribution in [0.4, 0.5) is 0 Å². The predicted molar refractivity (Wildman–Crippen MR) is 93.4 cm³/mol. The number of hydrogen-bond acceptors (Lipinski definition) is 2. The summed E-state index contributed by atoms with van der Waals surface area (Å²) in [6.45, 7) is 4.14. The summed E-state index contributed by atoms with van der Waals surface area (Å²) in [6.07, 6.45) is 2.70. The summed E-state index contributed by atoms with van der Waals surface area (Å²) in [5, 5.41) is 3.95. The Morgan fingerprint density at radius 1 is 1.09 bits per heavy atom. The van der Waals surface area contributed by atoms with Crippen LogP contribution >= 0.6 is 0 Å². The highest BCUT2D eigenvalue weighted by molar-refractivity contribution is 6.06. The van der Waals surface area contributed by atoms with Crippen molar-refractivity contribution in [3.8, 4) is 0 Å². The second-order valence-corrected chi connectivity index (χ2v) is 5.67. The van der Waals surface area contributed by atoms with Crippen LogP contribution in [0, 0.1) is 0 Å². The fourth-order valence-electron chi connectivity index (χ4n) is 2.69. The Labute approximate surface area is 136 Å². The molecule has 1 aromatic heterocycles. The van der Waals surface area contributed by atoms with Gasteiger partial charge in [0.25, 0.3) is 5.91 Å². The largest absolute Gasteiger partial charge is 0.345 e. The van der Waals surface area contributed by atoms with Crippen molar-refractivity contribution in [3.05, 3.63) is 77.5 Å². The molecule has 0 aliphatic rings. The lowest BCUT2D eigenvalue weighted by molar-refractivity contribution is 0.0941. The van der Waals surface area contributed by atoms with E-state index in [1.54, 1.807) is 12.3 Å². The van der Waals surface area contributed by atoms with E-state index in [1.807, 2.05) is 31.2 Å². The zero-order valence-electron chi connectivity index (χ0n) is 13.4. The van der Waals surface area contributed by atoms with E-state index in [2.05, 4.69) is 41.5 Å². The van der Waals surface area contributed by atoms with E-state index in [0.29, 0.717) is 5.56 Å². The predicted octanol–water partition coefficient (Wildman–Crippen LogP) is 4.29. The summed E-state index contributed by atoms with van der Waals surface area (Å²) < 4.78 is 0. The minimum atomic E-state index is -0.0735. The molecular formula is C20H20N2O. The number of benzene rings is 2. The van der Waals surface area contributed by atoms with E-state index in [4.69, 9.17) is 0 Å². The quantitative estimate of drug-likeness (QED) is 0.781. The first-order valence-corrected chi connectivity index (χ1v) is 7.92. The van der Waals surface area contributed by atoms with E-state index in [1.165, 1.54) is 5.56 Å². The number of rotatable bonds is 4. The number of nitrogens with zero attached hydrogens (tertiary/aromatic N) is 1. The smallest absolute Gasteiger partial charge is 0.252 e. The van der Waals surface area contributed by atoms with E-state index in [0.717, 1.165) is 22.9 Å². The van der Waals surface area contributed by atoms with Gasteiger partial charge in [-0.1, -0.05) is 49.4 Å². The molecule has 3 heteroatoms. The number of pyridine rings is 1. The summed E-state index contributed by atoms with van der Waals surface area (Å²) >= 11 is 0. The lowest BCUT2D eigenvalue weighted by Crippen LogP contribution is -2.26. The van der Waals surface area contributed by atoms with E-state index < -0.39 is 0 Å². The number of nitrogens with one attached hydrogen (secondary N) is 1. The molecule has 0 saturated carbocycles. The number of aryl methyl sites for hydroxylation is 1. The normalized spacial score (nSPS) is 12.1. The molecule has 1 N–H and O–H groups in total. The van der Waals surface area contributed by atoms with Gasteiger partial charge in [0.2, 0.25) is 0 Å². The summed E-state index contributed by atoms with van der Waals surface area (Å²) in [7, 11) is 0. The van der Waals surface area contributed by atoms with Crippen LogP contribution < -0.4 is 5.32 Å². The van der Waals surface area contributed by atoms with Crippen molar-refractivity contribution in [1.82, 2.24) is 10.3 Å². The fraction of sp³-hybridized carbons (Fsp3) is 0.200. The first-order valence-electron chi connectivity index (χ1n) is 7.92. The molecule has 1 atom stereocenters. The third kappa shape index (κ3) is 3.24. The highest BCUT2D eigenvalue weighted by Gasteiger charge is 2.14. The molecule has 0 bridgehead atoms. The second kappa shape index (κ2) is 6.61. The molecule has 1 heterocycles. The van der Waals surface area contributed by atoms with Crippen LogP contribution in [0.2, 0.25) is 0 Å².